The molecule has 0 saturated carbocycles. The van der Waals surface area contributed by atoms with Crippen molar-refractivity contribution in [2.75, 3.05) is 20.8 Å². The summed E-state index contributed by atoms with van der Waals surface area (Å²) in [4.78, 5) is 28.1. The number of methoxy groups -OCH3 is 2. The molecule has 0 fully saturated rings. The van der Waals surface area contributed by atoms with Gasteiger partial charge in [-0.25, -0.2) is 0 Å². The summed E-state index contributed by atoms with van der Waals surface area (Å²) in [5.74, 6) is 1.03. The molecule has 0 aliphatic carbocycles. The maximum absolute atomic E-state index is 13.5. The third-order valence-electron chi connectivity index (χ3n) is 5.65. The second-order valence-corrected chi connectivity index (χ2v) is 7.90. The van der Waals surface area contributed by atoms with Crippen LogP contribution in [-0.2, 0) is 22.6 Å². The second kappa shape index (κ2) is 12.4. The van der Waals surface area contributed by atoms with Crippen LogP contribution < -0.4 is 14.8 Å². The van der Waals surface area contributed by atoms with Crippen molar-refractivity contribution in [3.63, 3.8) is 0 Å². The summed E-state index contributed by atoms with van der Waals surface area (Å²) in [6.45, 7) is 2.60. The molecule has 6 heteroatoms. The molecule has 1 N–H and O–H groups in total. The van der Waals surface area contributed by atoms with E-state index < -0.39 is 6.04 Å². The lowest BCUT2D eigenvalue weighted by Crippen LogP contribution is -2.43. The Labute approximate surface area is 201 Å². The van der Waals surface area contributed by atoms with Crippen molar-refractivity contribution in [3.05, 3.63) is 95.6 Å². The lowest BCUT2D eigenvalue weighted by Gasteiger charge is -2.31. The van der Waals surface area contributed by atoms with Crippen molar-refractivity contribution in [1.29, 1.82) is 0 Å². The van der Waals surface area contributed by atoms with E-state index in [0.717, 1.165) is 16.7 Å². The Morgan fingerprint density at radius 1 is 0.853 bits per heavy atom. The van der Waals surface area contributed by atoms with Gasteiger partial charge in [0.05, 0.1) is 14.2 Å². The summed E-state index contributed by atoms with van der Waals surface area (Å²) in [6.07, 6.45) is 0.934. The number of hydrogen-bond acceptors (Lipinski definition) is 4. The van der Waals surface area contributed by atoms with Gasteiger partial charge in [0.1, 0.15) is 6.04 Å². The zero-order valence-electron chi connectivity index (χ0n) is 20.0. The predicted molar refractivity (Wildman–Crippen MR) is 133 cm³/mol. The molecule has 2 amide bonds. The average Bonchev–Trinajstić information content (AvgIpc) is 2.89. The smallest absolute Gasteiger partial charge is 0.247 e. The van der Waals surface area contributed by atoms with Crippen molar-refractivity contribution in [1.82, 2.24) is 10.2 Å². The SMILES string of the molecule is CCC(=O)N(Cc1ccccc1)[C@H](C(=O)NCCc1ccc(OC)c(OC)c1)c1ccccc1. The Hall–Kier alpha value is -3.80. The Balaban J connectivity index is 1.79. The summed E-state index contributed by atoms with van der Waals surface area (Å²) in [7, 11) is 3.19. The third-order valence-corrected chi connectivity index (χ3v) is 5.65. The Kier molecular flexibility index (Phi) is 9.09. The molecule has 0 aromatic heterocycles. The topological polar surface area (TPSA) is 67.9 Å². The highest BCUT2D eigenvalue weighted by molar-refractivity contribution is 5.88. The first kappa shape index (κ1) is 24.8. The van der Waals surface area contributed by atoms with Crippen LogP contribution in [0.5, 0.6) is 11.5 Å². The number of ether oxygens (including phenoxy) is 2. The highest BCUT2D eigenvalue weighted by Crippen LogP contribution is 2.28. The maximum atomic E-state index is 13.5. The summed E-state index contributed by atoms with van der Waals surface area (Å²) >= 11 is 0. The van der Waals surface area contributed by atoms with Crippen molar-refractivity contribution in [2.24, 2.45) is 0 Å². The van der Waals surface area contributed by atoms with Gasteiger partial charge in [0.15, 0.2) is 11.5 Å². The maximum Gasteiger partial charge on any atom is 0.247 e. The molecular formula is C28H32N2O4. The lowest BCUT2D eigenvalue weighted by molar-refractivity contribution is -0.141. The van der Waals surface area contributed by atoms with E-state index in [1.165, 1.54) is 0 Å². The molecule has 1 atom stereocenters. The first-order chi connectivity index (χ1) is 16.6. The molecule has 0 bridgehead atoms. The molecule has 0 saturated heterocycles. The zero-order chi connectivity index (χ0) is 24.3. The zero-order valence-corrected chi connectivity index (χ0v) is 20.0. The Morgan fingerprint density at radius 2 is 1.50 bits per heavy atom. The molecular weight excluding hydrogens is 428 g/mol. The molecule has 0 spiro atoms. The molecule has 6 nitrogen and oxygen atoms in total. The van der Waals surface area contributed by atoms with Crippen LogP contribution in [0.2, 0.25) is 0 Å². The molecule has 178 valence electrons. The Bertz CT molecular complexity index is 1070. The van der Waals surface area contributed by atoms with Gasteiger partial charge in [-0.2, -0.15) is 0 Å². The fourth-order valence-corrected chi connectivity index (χ4v) is 3.88. The monoisotopic (exact) mass is 460 g/mol. The van der Waals surface area contributed by atoms with E-state index in [0.29, 0.717) is 37.4 Å². The van der Waals surface area contributed by atoms with Crippen LogP contribution in [0.4, 0.5) is 0 Å². The van der Waals surface area contributed by atoms with Gasteiger partial charge in [0.2, 0.25) is 11.8 Å². The summed E-state index contributed by atoms with van der Waals surface area (Å²) < 4.78 is 10.7. The van der Waals surface area contributed by atoms with Crippen LogP contribution in [0.1, 0.15) is 36.1 Å². The molecule has 3 rings (SSSR count). The Morgan fingerprint density at radius 3 is 2.12 bits per heavy atom. The fourth-order valence-electron chi connectivity index (χ4n) is 3.88. The van der Waals surface area contributed by atoms with E-state index in [9.17, 15) is 9.59 Å². The van der Waals surface area contributed by atoms with Crippen LogP contribution in [0.25, 0.3) is 0 Å². The predicted octanol–water partition coefficient (Wildman–Crippen LogP) is 4.54. The average molecular weight is 461 g/mol. The van der Waals surface area contributed by atoms with Crippen LogP contribution in [0.3, 0.4) is 0 Å². The number of rotatable bonds is 11. The standard InChI is InChI=1S/C28H32N2O4/c1-4-26(31)30(20-22-11-7-5-8-12-22)27(23-13-9-6-10-14-23)28(32)29-18-17-21-15-16-24(33-2)25(19-21)34-3/h5-16,19,27H,4,17-18,20H2,1-3H3,(H,29,32)/t27-/m0/s1. The quantitative estimate of drug-likeness (QED) is 0.456. The largest absolute Gasteiger partial charge is 0.493 e. The minimum atomic E-state index is -0.723. The minimum absolute atomic E-state index is 0.0762. The molecule has 3 aromatic carbocycles. The van der Waals surface area contributed by atoms with Gasteiger partial charge < -0.3 is 19.7 Å². The molecule has 0 radical (unpaired) electrons. The van der Waals surface area contributed by atoms with Gasteiger partial charge >= 0.3 is 0 Å². The lowest BCUT2D eigenvalue weighted by atomic mass is 10.0. The summed E-state index contributed by atoms with van der Waals surface area (Å²) in [5.41, 5.74) is 2.77. The molecule has 0 aliphatic heterocycles. The summed E-state index contributed by atoms with van der Waals surface area (Å²) in [5, 5.41) is 3.04. The van der Waals surface area contributed by atoms with Crippen molar-refractivity contribution in [3.8, 4) is 11.5 Å². The van der Waals surface area contributed by atoms with E-state index in [4.69, 9.17) is 9.47 Å². The van der Waals surface area contributed by atoms with Crippen LogP contribution in [-0.4, -0.2) is 37.5 Å². The molecule has 34 heavy (non-hydrogen) atoms. The molecule has 0 aliphatic rings. The van der Waals surface area contributed by atoms with Gasteiger partial charge in [0.25, 0.3) is 0 Å². The second-order valence-electron chi connectivity index (χ2n) is 7.90. The molecule has 3 aromatic rings. The minimum Gasteiger partial charge on any atom is -0.493 e. The van der Waals surface area contributed by atoms with Gasteiger partial charge in [-0.15, -0.1) is 0 Å². The summed E-state index contributed by atoms with van der Waals surface area (Å²) in [6, 6.07) is 24.2. The number of amides is 2. The number of nitrogens with zero attached hydrogens (tertiary/aromatic N) is 1. The number of hydrogen-bond donors (Lipinski definition) is 1. The van der Waals surface area contributed by atoms with Crippen molar-refractivity contribution < 1.29 is 19.1 Å². The third kappa shape index (κ3) is 6.38. The van der Waals surface area contributed by atoms with E-state index in [1.807, 2.05) is 85.8 Å². The highest BCUT2D eigenvalue weighted by atomic mass is 16.5. The van der Waals surface area contributed by atoms with Crippen LogP contribution >= 0.6 is 0 Å². The number of benzene rings is 3. The molecule has 0 unspecified atom stereocenters. The van der Waals surface area contributed by atoms with Gasteiger partial charge in [-0.05, 0) is 35.2 Å². The van der Waals surface area contributed by atoms with Crippen LogP contribution in [0.15, 0.2) is 78.9 Å². The number of nitrogens with one attached hydrogen (secondary N) is 1. The van der Waals surface area contributed by atoms with Crippen molar-refractivity contribution in [2.45, 2.75) is 32.4 Å². The fraction of sp³-hybridized carbons (Fsp3) is 0.286. The van der Waals surface area contributed by atoms with Gasteiger partial charge in [-0.3, -0.25) is 9.59 Å². The first-order valence-electron chi connectivity index (χ1n) is 11.4. The van der Waals surface area contributed by atoms with Gasteiger partial charge in [0, 0.05) is 19.5 Å². The highest BCUT2D eigenvalue weighted by Gasteiger charge is 2.30. The normalized spacial score (nSPS) is 11.4. The van der Waals surface area contributed by atoms with Gasteiger partial charge in [-0.1, -0.05) is 73.7 Å². The van der Waals surface area contributed by atoms with Crippen molar-refractivity contribution >= 4 is 11.8 Å². The van der Waals surface area contributed by atoms with Crippen LogP contribution in [0, 0.1) is 0 Å². The molecule has 0 heterocycles. The van der Waals surface area contributed by atoms with E-state index in [2.05, 4.69) is 5.32 Å². The van der Waals surface area contributed by atoms with E-state index in [-0.39, 0.29) is 11.8 Å². The van der Waals surface area contributed by atoms with E-state index in [1.54, 1.807) is 19.1 Å². The van der Waals surface area contributed by atoms with E-state index >= 15 is 0 Å². The first-order valence-corrected chi connectivity index (χ1v) is 11.4. The number of carbonyl (C=O) groups excluding carboxylic acids is 2. The number of carbonyl (C=O) groups is 2.